The van der Waals surface area contributed by atoms with Gasteiger partial charge in [-0.15, -0.1) is 0 Å². The minimum Gasteiger partial charge on any atom is -0.355 e. The molecule has 0 aliphatic heterocycles. The van der Waals surface area contributed by atoms with E-state index in [-0.39, 0.29) is 23.8 Å². The molecule has 0 spiro atoms. The van der Waals surface area contributed by atoms with Gasteiger partial charge in [-0.1, -0.05) is 89.4 Å². The summed E-state index contributed by atoms with van der Waals surface area (Å²) in [6.07, 6.45) is 0.206. The molecule has 2 amide bonds. The van der Waals surface area contributed by atoms with Crippen LogP contribution in [0.1, 0.15) is 34.7 Å². The summed E-state index contributed by atoms with van der Waals surface area (Å²) in [5.74, 6) is -0.927. The molecular weight excluding hydrogens is 629 g/mol. The van der Waals surface area contributed by atoms with E-state index in [1.165, 1.54) is 17.0 Å². The van der Waals surface area contributed by atoms with E-state index in [2.05, 4.69) is 5.32 Å². The molecule has 0 saturated carbocycles. The maximum absolute atomic E-state index is 14.5. The van der Waals surface area contributed by atoms with Gasteiger partial charge < -0.3 is 10.2 Å². The molecule has 0 heterocycles. The van der Waals surface area contributed by atoms with Crippen molar-refractivity contribution in [3.8, 4) is 0 Å². The molecule has 4 rings (SSSR count). The number of carbonyl (C=O) groups is 2. The second kappa shape index (κ2) is 15.0. The predicted molar refractivity (Wildman–Crippen MR) is 181 cm³/mol. The summed E-state index contributed by atoms with van der Waals surface area (Å²) in [5.41, 5.74) is 4.28. The highest BCUT2D eigenvalue weighted by Crippen LogP contribution is 2.30. The van der Waals surface area contributed by atoms with Crippen molar-refractivity contribution in [1.82, 2.24) is 10.2 Å². The Balaban J connectivity index is 1.85. The first-order valence-electron chi connectivity index (χ1n) is 14.6. The van der Waals surface area contributed by atoms with E-state index in [9.17, 15) is 18.0 Å². The number of halogens is 2. The van der Waals surface area contributed by atoms with Crippen LogP contribution in [0.4, 0.5) is 5.69 Å². The van der Waals surface area contributed by atoms with Crippen LogP contribution in [0.3, 0.4) is 0 Å². The molecule has 1 atom stereocenters. The molecule has 45 heavy (non-hydrogen) atoms. The van der Waals surface area contributed by atoms with Crippen molar-refractivity contribution in [3.05, 3.63) is 129 Å². The third-order valence-electron chi connectivity index (χ3n) is 7.71. The highest BCUT2D eigenvalue weighted by atomic mass is 35.5. The Morgan fingerprint density at radius 3 is 2.20 bits per heavy atom. The molecule has 0 saturated heterocycles. The molecule has 236 valence electrons. The molecule has 7 nitrogen and oxygen atoms in total. The molecule has 1 N–H and O–H groups in total. The van der Waals surface area contributed by atoms with Crippen LogP contribution in [0, 0.1) is 20.8 Å². The zero-order valence-corrected chi connectivity index (χ0v) is 28.1. The van der Waals surface area contributed by atoms with Gasteiger partial charge in [0.05, 0.1) is 10.6 Å². The summed E-state index contributed by atoms with van der Waals surface area (Å²) in [5, 5.41) is 3.61. The quantitative estimate of drug-likeness (QED) is 0.179. The first kappa shape index (κ1) is 34.0. The Labute approximate surface area is 275 Å². The van der Waals surface area contributed by atoms with E-state index in [0.29, 0.717) is 27.8 Å². The Morgan fingerprint density at radius 2 is 1.56 bits per heavy atom. The standard InChI is InChI=1S/C35H37Cl2N3O4S/c1-5-38-35(42)33(20-27-11-7-6-8-12-27)39(22-28-16-17-29(36)21-31(28)37)34(41)23-40(32-13-9-10-25(3)26(32)4)45(43,44)30-18-14-24(2)15-19-30/h6-19,21,33H,5,20,22-23H2,1-4H3,(H,38,42). The summed E-state index contributed by atoms with van der Waals surface area (Å²) in [6, 6.07) is 25.2. The summed E-state index contributed by atoms with van der Waals surface area (Å²) in [6.45, 7) is 7.14. The zero-order chi connectivity index (χ0) is 32.7. The van der Waals surface area contributed by atoms with Crippen LogP contribution in [0.5, 0.6) is 0 Å². The lowest BCUT2D eigenvalue weighted by Gasteiger charge is -2.34. The molecule has 10 heteroatoms. The fourth-order valence-corrected chi connectivity index (χ4v) is 6.98. The van der Waals surface area contributed by atoms with Crippen LogP contribution in [-0.2, 0) is 32.6 Å². The molecular formula is C35H37Cl2N3O4S. The number of nitrogens with zero attached hydrogens (tertiary/aromatic N) is 2. The minimum atomic E-state index is -4.20. The van der Waals surface area contributed by atoms with Crippen molar-refractivity contribution in [1.29, 1.82) is 0 Å². The van der Waals surface area contributed by atoms with Crippen molar-refractivity contribution in [3.63, 3.8) is 0 Å². The highest BCUT2D eigenvalue weighted by molar-refractivity contribution is 7.92. The van der Waals surface area contributed by atoms with Gasteiger partial charge in [-0.25, -0.2) is 8.42 Å². The SMILES string of the molecule is CCNC(=O)C(Cc1ccccc1)N(Cc1ccc(Cl)cc1Cl)C(=O)CN(c1cccc(C)c1C)S(=O)(=O)c1ccc(C)cc1. The van der Waals surface area contributed by atoms with Crippen molar-refractivity contribution in [2.45, 2.75) is 51.6 Å². The number of sulfonamides is 1. The lowest BCUT2D eigenvalue weighted by molar-refractivity contribution is -0.140. The van der Waals surface area contributed by atoms with Crippen molar-refractivity contribution < 1.29 is 18.0 Å². The van der Waals surface area contributed by atoms with Crippen LogP contribution in [0.2, 0.25) is 10.0 Å². The van der Waals surface area contributed by atoms with Gasteiger partial charge in [-0.2, -0.15) is 0 Å². The average Bonchev–Trinajstić information content (AvgIpc) is 3.01. The van der Waals surface area contributed by atoms with E-state index >= 15 is 0 Å². The van der Waals surface area contributed by atoms with Crippen LogP contribution >= 0.6 is 23.2 Å². The van der Waals surface area contributed by atoms with Crippen LogP contribution in [0.25, 0.3) is 0 Å². The Hall–Kier alpha value is -3.85. The molecule has 4 aromatic rings. The molecule has 0 radical (unpaired) electrons. The number of hydrogen-bond donors (Lipinski definition) is 1. The smallest absolute Gasteiger partial charge is 0.264 e. The Bertz CT molecular complexity index is 1760. The normalized spacial score (nSPS) is 12.0. The number of nitrogens with one attached hydrogen (secondary N) is 1. The van der Waals surface area contributed by atoms with E-state index in [0.717, 1.165) is 26.6 Å². The summed E-state index contributed by atoms with van der Waals surface area (Å²) < 4.78 is 29.6. The predicted octanol–water partition coefficient (Wildman–Crippen LogP) is 6.89. The average molecular weight is 667 g/mol. The fraction of sp³-hybridized carbons (Fsp3) is 0.257. The van der Waals surface area contributed by atoms with Gasteiger partial charge in [-0.05, 0) is 80.3 Å². The number of amides is 2. The van der Waals surface area contributed by atoms with Gasteiger partial charge in [0, 0.05) is 29.6 Å². The third kappa shape index (κ3) is 8.25. The number of benzene rings is 4. The Morgan fingerprint density at radius 1 is 0.867 bits per heavy atom. The summed E-state index contributed by atoms with van der Waals surface area (Å²) in [4.78, 5) is 29.7. The van der Waals surface area contributed by atoms with Gasteiger partial charge in [0.25, 0.3) is 10.0 Å². The maximum Gasteiger partial charge on any atom is 0.264 e. The number of carbonyl (C=O) groups excluding carboxylic acids is 2. The lowest BCUT2D eigenvalue weighted by atomic mass is 10.0. The largest absolute Gasteiger partial charge is 0.355 e. The molecule has 4 aromatic carbocycles. The monoisotopic (exact) mass is 665 g/mol. The molecule has 0 aliphatic carbocycles. The van der Waals surface area contributed by atoms with Crippen LogP contribution < -0.4 is 9.62 Å². The first-order chi connectivity index (χ1) is 21.4. The molecule has 0 aliphatic rings. The van der Waals surface area contributed by atoms with Gasteiger partial charge in [0.15, 0.2) is 0 Å². The van der Waals surface area contributed by atoms with E-state index in [4.69, 9.17) is 23.2 Å². The van der Waals surface area contributed by atoms with E-state index in [1.54, 1.807) is 49.4 Å². The first-order valence-corrected chi connectivity index (χ1v) is 16.8. The fourth-order valence-electron chi connectivity index (χ4n) is 5.04. The maximum atomic E-state index is 14.5. The molecule has 0 bridgehead atoms. The molecule has 0 aromatic heterocycles. The number of hydrogen-bond acceptors (Lipinski definition) is 4. The second-order valence-corrected chi connectivity index (χ2v) is 13.6. The molecule has 0 fully saturated rings. The minimum absolute atomic E-state index is 0.0469. The van der Waals surface area contributed by atoms with Crippen molar-refractivity contribution in [2.75, 3.05) is 17.4 Å². The van der Waals surface area contributed by atoms with Crippen molar-refractivity contribution in [2.24, 2.45) is 0 Å². The van der Waals surface area contributed by atoms with Crippen LogP contribution in [-0.4, -0.2) is 44.3 Å². The van der Waals surface area contributed by atoms with E-state index in [1.807, 2.05) is 57.2 Å². The number of rotatable bonds is 12. The number of likely N-dealkylation sites (N-methyl/N-ethyl adjacent to an activating group) is 1. The van der Waals surface area contributed by atoms with Crippen molar-refractivity contribution >= 4 is 50.7 Å². The van der Waals surface area contributed by atoms with E-state index < -0.39 is 28.5 Å². The van der Waals surface area contributed by atoms with Gasteiger partial charge in [-0.3, -0.25) is 13.9 Å². The Kier molecular flexibility index (Phi) is 11.3. The van der Waals surface area contributed by atoms with Gasteiger partial charge in [0.2, 0.25) is 11.8 Å². The summed E-state index contributed by atoms with van der Waals surface area (Å²) >= 11 is 12.7. The second-order valence-electron chi connectivity index (χ2n) is 10.9. The lowest BCUT2D eigenvalue weighted by Crippen LogP contribution is -2.53. The van der Waals surface area contributed by atoms with Gasteiger partial charge in [0.1, 0.15) is 12.6 Å². The summed E-state index contributed by atoms with van der Waals surface area (Å²) in [7, 11) is -4.20. The zero-order valence-electron chi connectivity index (χ0n) is 25.8. The number of anilines is 1. The number of aryl methyl sites for hydroxylation is 2. The van der Waals surface area contributed by atoms with Gasteiger partial charge >= 0.3 is 0 Å². The topological polar surface area (TPSA) is 86.8 Å². The van der Waals surface area contributed by atoms with Crippen LogP contribution in [0.15, 0.2) is 95.9 Å². The third-order valence-corrected chi connectivity index (χ3v) is 10.1. The molecule has 1 unspecified atom stereocenters. The highest BCUT2D eigenvalue weighted by Gasteiger charge is 2.35.